The number of ether oxygens (including phenoxy) is 1. The number of amides is 1. The van der Waals surface area contributed by atoms with E-state index in [4.69, 9.17) is 4.74 Å². The van der Waals surface area contributed by atoms with Gasteiger partial charge in [0.1, 0.15) is 6.04 Å². The Bertz CT molecular complexity index is 697. The van der Waals surface area contributed by atoms with Crippen LogP contribution in [0.25, 0.3) is 10.9 Å². The van der Waals surface area contributed by atoms with Gasteiger partial charge in [0.15, 0.2) is 0 Å². The number of benzene rings is 1. The molecule has 1 N–H and O–H groups in total. The van der Waals surface area contributed by atoms with E-state index in [1.54, 1.807) is 31.3 Å². The van der Waals surface area contributed by atoms with E-state index in [-0.39, 0.29) is 11.8 Å². The van der Waals surface area contributed by atoms with Crippen LogP contribution in [0.2, 0.25) is 0 Å². The van der Waals surface area contributed by atoms with E-state index in [0.29, 0.717) is 18.6 Å². The van der Waals surface area contributed by atoms with Crippen molar-refractivity contribution in [2.45, 2.75) is 33.2 Å². The van der Waals surface area contributed by atoms with Crippen LogP contribution in [0.5, 0.6) is 0 Å². The van der Waals surface area contributed by atoms with E-state index < -0.39 is 12.0 Å². The van der Waals surface area contributed by atoms with Gasteiger partial charge in [0.25, 0.3) is 5.91 Å². The maximum atomic E-state index is 12.4. The van der Waals surface area contributed by atoms with Gasteiger partial charge in [0, 0.05) is 17.1 Å². The Morgan fingerprint density at radius 1 is 1.26 bits per heavy atom. The molecule has 1 heterocycles. The molecule has 1 aromatic carbocycles. The highest BCUT2D eigenvalue weighted by Gasteiger charge is 2.23. The molecule has 2 rings (SSSR count). The van der Waals surface area contributed by atoms with Gasteiger partial charge < -0.3 is 10.1 Å². The largest absolute Gasteiger partial charge is 0.464 e. The molecule has 1 unspecified atom stereocenters. The standard InChI is InChI=1S/C18H22N2O3/c1-4-23-18(22)16(10-12(2)3)20-17(21)14-7-8-15-13(11-14)6-5-9-19-15/h5-9,11-12,16H,4,10H2,1-3H3,(H,20,21). The molecule has 5 heteroatoms. The highest BCUT2D eigenvalue weighted by Crippen LogP contribution is 2.14. The lowest BCUT2D eigenvalue weighted by atomic mass is 10.0. The number of esters is 1. The molecule has 0 aliphatic carbocycles. The summed E-state index contributed by atoms with van der Waals surface area (Å²) in [4.78, 5) is 28.7. The second kappa shape index (κ2) is 7.72. The number of hydrogen-bond donors (Lipinski definition) is 1. The van der Waals surface area contributed by atoms with Gasteiger partial charge in [-0.3, -0.25) is 9.78 Å². The van der Waals surface area contributed by atoms with E-state index in [0.717, 1.165) is 10.9 Å². The van der Waals surface area contributed by atoms with Crippen molar-refractivity contribution >= 4 is 22.8 Å². The second-order valence-corrected chi connectivity index (χ2v) is 5.82. The predicted octanol–water partition coefficient (Wildman–Crippen LogP) is 2.94. The molecule has 1 amide bonds. The lowest BCUT2D eigenvalue weighted by Gasteiger charge is -2.19. The predicted molar refractivity (Wildman–Crippen MR) is 89.1 cm³/mol. The third-order valence-electron chi connectivity index (χ3n) is 3.45. The summed E-state index contributed by atoms with van der Waals surface area (Å²) in [5.74, 6) is -0.406. The van der Waals surface area contributed by atoms with Crippen LogP contribution in [0.4, 0.5) is 0 Å². The summed E-state index contributed by atoms with van der Waals surface area (Å²) >= 11 is 0. The van der Waals surface area contributed by atoms with Crippen molar-refractivity contribution < 1.29 is 14.3 Å². The van der Waals surface area contributed by atoms with Gasteiger partial charge >= 0.3 is 5.97 Å². The van der Waals surface area contributed by atoms with Crippen LogP contribution >= 0.6 is 0 Å². The van der Waals surface area contributed by atoms with Crippen molar-refractivity contribution in [3.05, 3.63) is 42.1 Å². The molecular weight excluding hydrogens is 292 g/mol. The van der Waals surface area contributed by atoms with Gasteiger partial charge in [-0.1, -0.05) is 19.9 Å². The molecule has 1 aromatic heterocycles. The number of rotatable bonds is 6. The number of carbonyl (C=O) groups excluding carboxylic acids is 2. The minimum absolute atomic E-state index is 0.269. The Morgan fingerprint density at radius 3 is 2.74 bits per heavy atom. The molecule has 0 aliphatic rings. The molecule has 0 saturated heterocycles. The van der Waals surface area contributed by atoms with Crippen molar-refractivity contribution in [1.82, 2.24) is 10.3 Å². The van der Waals surface area contributed by atoms with Crippen LogP contribution in [-0.2, 0) is 9.53 Å². The Labute approximate surface area is 136 Å². The fraction of sp³-hybridized carbons (Fsp3) is 0.389. The van der Waals surface area contributed by atoms with Gasteiger partial charge in [-0.25, -0.2) is 4.79 Å². The Kier molecular flexibility index (Phi) is 5.68. The Balaban J connectivity index is 2.17. The lowest BCUT2D eigenvalue weighted by molar-refractivity contribution is -0.145. The highest BCUT2D eigenvalue weighted by atomic mass is 16.5. The third-order valence-corrected chi connectivity index (χ3v) is 3.45. The maximum Gasteiger partial charge on any atom is 0.328 e. The van der Waals surface area contributed by atoms with Crippen molar-refractivity contribution in [3.8, 4) is 0 Å². The minimum Gasteiger partial charge on any atom is -0.464 e. The first-order valence-corrected chi connectivity index (χ1v) is 7.83. The summed E-state index contributed by atoms with van der Waals surface area (Å²) in [5, 5.41) is 3.67. The first kappa shape index (κ1) is 16.9. The first-order chi connectivity index (χ1) is 11.0. The molecule has 0 radical (unpaired) electrons. The Hall–Kier alpha value is -2.43. The summed E-state index contributed by atoms with van der Waals surface area (Å²) in [7, 11) is 0. The number of nitrogens with one attached hydrogen (secondary N) is 1. The molecule has 2 aromatic rings. The van der Waals surface area contributed by atoms with Crippen LogP contribution in [-0.4, -0.2) is 29.5 Å². The van der Waals surface area contributed by atoms with Crippen LogP contribution in [0.15, 0.2) is 36.5 Å². The average molecular weight is 314 g/mol. The van der Waals surface area contributed by atoms with Gasteiger partial charge in [-0.15, -0.1) is 0 Å². The number of pyridine rings is 1. The second-order valence-electron chi connectivity index (χ2n) is 5.82. The van der Waals surface area contributed by atoms with E-state index in [1.165, 1.54) is 0 Å². The first-order valence-electron chi connectivity index (χ1n) is 7.83. The molecule has 0 saturated carbocycles. The summed E-state index contributed by atoms with van der Waals surface area (Å²) in [5.41, 5.74) is 1.33. The smallest absolute Gasteiger partial charge is 0.328 e. The molecular formula is C18H22N2O3. The topological polar surface area (TPSA) is 68.3 Å². The zero-order valence-electron chi connectivity index (χ0n) is 13.7. The molecule has 122 valence electrons. The number of carbonyl (C=O) groups is 2. The van der Waals surface area contributed by atoms with Crippen LogP contribution in [0.3, 0.4) is 0 Å². The Morgan fingerprint density at radius 2 is 2.04 bits per heavy atom. The zero-order valence-corrected chi connectivity index (χ0v) is 13.7. The molecule has 0 fully saturated rings. The van der Waals surface area contributed by atoms with Crippen LogP contribution in [0.1, 0.15) is 37.6 Å². The number of nitrogens with zero attached hydrogens (tertiary/aromatic N) is 1. The van der Waals surface area contributed by atoms with Crippen molar-refractivity contribution in [1.29, 1.82) is 0 Å². The summed E-state index contributed by atoms with van der Waals surface area (Å²) in [6.07, 6.45) is 2.25. The number of aromatic nitrogens is 1. The van der Waals surface area contributed by atoms with E-state index >= 15 is 0 Å². The van der Waals surface area contributed by atoms with Gasteiger partial charge in [0.2, 0.25) is 0 Å². The van der Waals surface area contributed by atoms with Gasteiger partial charge in [0.05, 0.1) is 12.1 Å². The van der Waals surface area contributed by atoms with E-state index in [9.17, 15) is 9.59 Å². The minimum atomic E-state index is -0.632. The normalized spacial score (nSPS) is 12.2. The lowest BCUT2D eigenvalue weighted by Crippen LogP contribution is -2.42. The number of fused-ring (bicyclic) bond motifs is 1. The fourth-order valence-corrected chi connectivity index (χ4v) is 2.39. The maximum absolute atomic E-state index is 12.4. The van der Waals surface area contributed by atoms with Crippen LogP contribution < -0.4 is 5.32 Å². The molecule has 0 bridgehead atoms. The SMILES string of the molecule is CCOC(=O)C(CC(C)C)NC(=O)c1ccc2ncccc2c1. The molecule has 23 heavy (non-hydrogen) atoms. The monoisotopic (exact) mass is 314 g/mol. The fourth-order valence-electron chi connectivity index (χ4n) is 2.39. The molecule has 1 atom stereocenters. The quantitative estimate of drug-likeness (QED) is 0.832. The molecule has 0 aliphatic heterocycles. The molecule has 5 nitrogen and oxygen atoms in total. The van der Waals surface area contributed by atoms with E-state index in [2.05, 4.69) is 10.3 Å². The molecule has 0 spiro atoms. The average Bonchev–Trinajstić information content (AvgIpc) is 2.53. The summed E-state index contributed by atoms with van der Waals surface area (Å²) in [6, 6.07) is 8.37. The number of hydrogen-bond acceptors (Lipinski definition) is 4. The van der Waals surface area contributed by atoms with Crippen molar-refractivity contribution in [2.24, 2.45) is 5.92 Å². The summed E-state index contributed by atoms with van der Waals surface area (Å²) < 4.78 is 5.05. The van der Waals surface area contributed by atoms with Gasteiger partial charge in [-0.2, -0.15) is 0 Å². The third kappa shape index (κ3) is 4.52. The van der Waals surface area contributed by atoms with Gasteiger partial charge in [-0.05, 0) is 43.5 Å². The zero-order chi connectivity index (χ0) is 16.8. The van der Waals surface area contributed by atoms with Crippen molar-refractivity contribution in [3.63, 3.8) is 0 Å². The summed E-state index contributed by atoms with van der Waals surface area (Å²) in [6.45, 7) is 6.05. The van der Waals surface area contributed by atoms with Crippen molar-refractivity contribution in [2.75, 3.05) is 6.61 Å². The van der Waals surface area contributed by atoms with Crippen LogP contribution in [0, 0.1) is 5.92 Å². The highest BCUT2D eigenvalue weighted by molar-refractivity contribution is 5.99. The van der Waals surface area contributed by atoms with E-state index in [1.807, 2.05) is 26.0 Å².